The van der Waals surface area contributed by atoms with E-state index in [1.807, 2.05) is 0 Å². The Hall–Kier alpha value is -2.45. The third kappa shape index (κ3) is 5.86. The van der Waals surface area contributed by atoms with Gasteiger partial charge in [0.15, 0.2) is 5.13 Å². The molecule has 4 rings (SSSR count). The molecule has 0 aromatic carbocycles. The first-order valence-corrected chi connectivity index (χ1v) is 12.5. The fourth-order valence-electron chi connectivity index (χ4n) is 4.52. The summed E-state index contributed by atoms with van der Waals surface area (Å²) >= 11 is 1.47. The fraction of sp³-hybridized carbons (Fsp3) is 0.542. The molecule has 0 bridgehead atoms. The predicted molar refractivity (Wildman–Crippen MR) is 127 cm³/mol. The van der Waals surface area contributed by atoms with Gasteiger partial charge in [0.25, 0.3) is 0 Å². The van der Waals surface area contributed by atoms with Crippen molar-refractivity contribution in [1.29, 1.82) is 0 Å². The quantitative estimate of drug-likeness (QED) is 0.459. The standard InChI is InChI=1S/C24H32N4O3S/c1-17-7-2-3-14-28(17)15-6-13-25-23(30)19-9-4-10-20-22(19)27-24(32-20)26-21(29)12-11-18-8-5-16-31-18/h5,8,11-12,16-17,19H,2-4,6-7,9-10,13-15H2,1H3,(H,25,30)(H,26,27,29). The first-order valence-electron chi connectivity index (χ1n) is 11.6. The van der Waals surface area contributed by atoms with E-state index in [1.54, 1.807) is 24.5 Å². The number of carbonyl (C=O) groups excluding carboxylic acids is 2. The van der Waals surface area contributed by atoms with E-state index >= 15 is 0 Å². The van der Waals surface area contributed by atoms with Gasteiger partial charge in [-0.3, -0.25) is 14.9 Å². The van der Waals surface area contributed by atoms with E-state index in [0.717, 1.165) is 42.8 Å². The molecule has 3 heterocycles. The average Bonchev–Trinajstić information content (AvgIpc) is 3.45. The van der Waals surface area contributed by atoms with Crippen molar-refractivity contribution in [2.24, 2.45) is 0 Å². The Kier molecular flexibility index (Phi) is 7.76. The van der Waals surface area contributed by atoms with Crippen LogP contribution in [-0.4, -0.2) is 47.4 Å². The van der Waals surface area contributed by atoms with E-state index in [4.69, 9.17) is 4.42 Å². The van der Waals surface area contributed by atoms with E-state index < -0.39 is 0 Å². The number of piperidine rings is 1. The van der Waals surface area contributed by atoms with Crippen LogP contribution in [-0.2, 0) is 16.0 Å². The number of aryl methyl sites for hydroxylation is 1. The lowest BCUT2D eigenvalue weighted by atomic mass is 9.90. The lowest BCUT2D eigenvalue weighted by Gasteiger charge is -2.33. The number of aromatic nitrogens is 1. The minimum absolute atomic E-state index is 0.0542. The van der Waals surface area contributed by atoms with Crippen LogP contribution in [0.5, 0.6) is 0 Å². The Labute approximate surface area is 193 Å². The van der Waals surface area contributed by atoms with Crippen molar-refractivity contribution in [2.45, 2.75) is 63.8 Å². The number of thiazole rings is 1. The third-order valence-electron chi connectivity index (χ3n) is 6.30. The molecule has 1 aliphatic heterocycles. The number of nitrogens with one attached hydrogen (secondary N) is 2. The minimum Gasteiger partial charge on any atom is -0.465 e. The highest BCUT2D eigenvalue weighted by molar-refractivity contribution is 7.15. The van der Waals surface area contributed by atoms with Gasteiger partial charge in [0.2, 0.25) is 11.8 Å². The molecule has 2 atom stereocenters. The molecule has 0 radical (unpaired) electrons. The predicted octanol–water partition coefficient (Wildman–Crippen LogP) is 4.19. The first kappa shape index (κ1) is 22.7. The van der Waals surface area contributed by atoms with Crippen molar-refractivity contribution in [2.75, 3.05) is 25.0 Å². The topological polar surface area (TPSA) is 87.5 Å². The van der Waals surface area contributed by atoms with Crippen molar-refractivity contribution < 1.29 is 14.0 Å². The number of amides is 2. The molecule has 7 nitrogen and oxygen atoms in total. The SMILES string of the molecule is CC1CCCCN1CCCNC(=O)C1CCCc2sc(NC(=O)C=Cc3ccco3)nc21. The molecule has 1 aliphatic carbocycles. The zero-order valence-corrected chi connectivity index (χ0v) is 19.5. The zero-order valence-electron chi connectivity index (χ0n) is 18.6. The molecule has 2 N–H and O–H groups in total. The normalized spacial score (nSPS) is 21.4. The Morgan fingerprint density at radius 2 is 2.22 bits per heavy atom. The van der Waals surface area contributed by atoms with Crippen LogP contribution in [0.1, 0.15) is 67.7 Å². The van der Waals surface area contributed by atoms with Gasteiger partial charge in [-0.15, -0.1) is 11.3 Å². The van der Waals surface area contributed by atoms with Crippen LogP contribution in [0.3, 0.4) is 0 Å². The molecular formula is C24H32N4O3S. The van der Waals surface area contributed by atoms with Gasteiger partial charge >= 0.3 is 0 Å². The number of hydrogen-bond donors (Lipinski definition) is 2. The molecule has 8 heteroatoms. The summed E-state index contributed by atoms with van der Waals surface area (Å²) in [5, 5.41) is 6.48. The zero-order chi connectivity index (χ0) is 22.3. The molecule has 2 aromatic rings. The third-order valence-corrected chi connectivity index (χ3v) is 7.35. The molecule has 32 heavy (non-hydrogen) atoms. The summed E-state index contributed by atoms with van der Waals surface area (Å²) in [4.78, 5) is 33.3. The average molecular weight is 457 g/mol. The maximum absolute atomic E-state index is 12.9. The molecule has 0 saturated carbocycles. The van der Waals surface area contributed by atoms with Crippen LogP contribution >= 0.6 is 11.3 Å². The maximum atomic E-state index is 12.9. The second-order valence-corrected chi connectivity index (χ2v) is 9.72. The number of rotatable bonds is 8. The summed E-state index contributed by atoms with van der Waals surface area (Å²) in [6.45, 7) is 5.20. The molecule has 2 aliphatic rings. The van der Waals surface area contributed by atoms with E-state index in [9.17, 15) is 9.59 Å². The van der Waals surface area contributed by atoms with Crippen LogP contribution in [0, 0.1) is 0 Å². The van der Waals surface area contributed by atoms with Gasteiger partial charge in [-0.1, -0.05) is 6.42 Å². The van der Waals surface area contributed by atoms with Crippen LogP contribution in [0.2, 0.25) is 0 Å². The number of carbonyl (C=O) groups is 2. The molecule has 1 saturated heterocycles. The smallest absolute Gasteiger partial charge is 0.250 e. The van der Waals surface area contributed by atoms with Crippen molar-refractivity contribution in [3.8, 4) is 0 Å². The van der Waals surface area contributed by atoms with Crippen LogP contribution in [0.15, 0.2) is 28.9 Å². The Bertz CT molecular complexity index is 937. The lowest BCUT2D eigenvalue weighted by molar-refractivity contribution is -0.123. The number of likely N-dealkylation sites (tertiary alicyclic amines) is 1. The van der Waals surface area contributed by atoms with Gasteiger partial charge in [-0.25, -0.2) is 4.98 Å². The summed E-state index contributed by atoms with van der Waals surface area (Å²) in [7, 11) is 0. The van der Waals surface area contributed by atoms with E-state index in [-0.39, 0.29) is 17.7 Å². The molecule has 0 spiro atoms. The first-order chi connectivity index (χ1) is 15.6. The number of furan rings is 1. The monoisotopic (exact) mass is 456 g/mol. The minimum atomic E-state index is -0.263. The largest absolute Gasteiger partial charge is 0.465 e. The summed E-state index contributed by atoms with van der Waals surface area (Å²) in [5.74, 6) is 0.178. The molecular weight excluding hydrogens is 424 g/mol. The molecule has 172 valence electrons. The Morgan fingerprint density at radius 1 is 1.31 bits per heavy atom. The molecule has 2 aromatic heterocycles. The Morgan fingerprint density at radius 3 is 3.03 bits per heavy atom. The van der Waals surface area contributed by atoms with Gasteiger partial charge in [0.05, 0.1) is 17.9 Å². The molecule has 2 amide bonds. The maximum Gasteiger partial charge on any atom is 0.250 e. The summed E-state index contributed by atoms with van der Waals surface area (Å²) in [6.07, 6.45) is 12.1. The van der Waals surface area contributed by atoms with Gasteiger partial charge in [-0.2, -0.15) is 0 Å². The lowest BCUT2D eigenvalue weighted by Crippen LogP contribution is -2.39. The highest BCUT2D eigenvalue weighted by atomic mass is 32.1. The van der Waals surface area contributed by atoms with E-state index in [2.05, 4.69) is 27.4 Å². The van der Waals surface area contributed by atoms with Gasteiger partial charge < -0.3 is 14.6 Å². The summed E-state index contributed by atoms with van der Waals surface area (Å²) < 4.78 is 5.19. The van der Waals surface area contributed by atoms with Crippen LogP contribution in [0.25, 0.3) is 6.08 Å². The molecule has 1 fully saturated rings. The Balaban J connectivity index is 1.28. The highest BCUT2D eigenvalue weighted by Crippen LogP contribution is 2.36. The van der Waals surface area contributed by atoms with Crippen molar-refractivity contribution >= 4 is 34.4 Å². The van der Waals surface area contributed by atoms with Crippen molar-refractivity contribution in [1.82, 2.24) is 15.2 Å². The van der Waals surface area contributed by atoms with Crippen LogP contribution < -0.4 is 10.6 Å². The molecule has 2 unspecified atom stereocenters. The van der Waals surface area contributed by atoms with E-state index in [0.29, 0.717) is 23.5 Å². The van der Waals surface area contributed by atoms with Gasteiger partial charge in [0.1, 0.15) is 5.76 Å². The number of nitrogens with zero attached hydrogens (tertiary/aromatic N) is 2. The second kappa shape index (κ2) is 10.9. The van der Waals surface area contributed by atoms with Gasteiger partial charge in [0, 0.05) is 30.1 Å². The number of fused-ring (bicyclic) bond motifs is 1. The van der Waals surface area contributed by atoms with Crippen LogP contribution in [0.4, 0.5) is 5.13 Å². The van der Waals surface area contributed by atoms with Crippen molar-refractivity contribution in [3.05, 3.63) is 40.8 Å². The van der Waals surface area contributed by atoms with Gasteiger partial charge in [-0.05, 0) is 70.2 Å². The number of anilines is 1. The van der Waals surface area contributed by atoms with E-state index in [1.165, 1.54) is 43.2 Å². The van der Waals surface area contributed by atoms with Crippen molar-refractivity contribution in [3.63, 3.8) is 0 Å². The summed E-state index contributed by atoms with van der Waals surface area (Å²) in [5.41, 5.74) is 0.828. The fourth-order valence-corrected chi connectivity index (χ4v) is 5.59. The summed E-state index contributed by atoms with van der Waals surface area (Å²) in [6, 6.07) is 4.20. The second-order valence-electron chi connectivity index (χ2n) is 8.64. The highest BCUT2D eigenvalue weighted by Gasteiger charge is 2.30. The number of hydrogen-bond acceptors (Lipinski definition) is 6.